The van der Waals surface area contributed by atoms with Gasteiger partial charge in [0.1, 0.15) is 23.5 Å². The van der Waals surface area contributed by atoms with Crippen LogP contribution < -0.4 is 10.1 Å². The molecular weight excluding hydrogens is 231 g/mol. The minimum atomic E-state index is -0.960. The van der Waals surface area contributed by atoms with Crippen molar-refractivity contribution < 1.29 is 9.13 Å². The Hall–Kier alpha value is -1.68. The summed E-state index contributed by atoms with van der Waals surface area (Å²) in [5.74, 6) is 0.669. The molecule has 0 unspecified atom stereocenters. The molecule has 1 aliphatic heterocycles. The van der Waals surface area contributed by atoms with Gasteiger partial charge in [0, 0.05) is 18.1 Å². The number of ether oxygens (including phenoxy) is 1. The summed E-state index contributed by atoms with van der Waals surface area (Å²) in [5, 5.41) is 4.03. The quantitative estimate of drug-likeness (QED) is 0.883. The standard InChI is InChI=1S/C14H15FN2O/c15-11-9-16-8-6-12(11)18-13-5-1-3-10-4-2-7-17-14(10)13/h1-5,7,11-12,16H,6,8-9H2/t11-,12-/m0/s1. The maximum atomic E-state index is 13.7. The molecule has 3 nitrogen and oxygen atoms in total. The number of halogens is 1. The molecule has 2 atom stereocenters. The Kier molecular flexibility index (Phi) is 3.11. The Morgan fingerprint density at radius 1 is 1.28 bits per heavy atom. The van der Waals surface area contributed by atoms with Crippen LogP contribution in [0, 0.1) is 0 Å². The lowest BCUT2D eigenvalue weighted by atomic mass is 10.1. The van der Waals surface area contributed by atoms with Crippen molar-refractivity contribution in [1.29, 1.82) is 0 Å². The van der Waals surface area contributed by atoms with Crippen LogP contribution in [0.3, 0.4) is 0 Å². The van der Waals surface area contributed by atoms with E-state index in [9.17, 15) is 4.39 Å². The summed E-state index contributed by atoms with van der Waals surface area (Å²) >= 11 is 0. The van der Waals surface area contributed by atoms with Crippen LogP contribution in [0.15, 0.2) is 36.5 Å². The highest BCUT2D eigenvalue weighted by Gasteiger charge is 2.26. The molecule has 1 aromatic carbocycles. The molecule has 0 amide bonds. The van der Waals surface area contributed by atoms with E-state index in [4.69, 9.17) is 4.74 Å². The summed E-state index contributed by atoms with van der Waals surface area (Å²) in [5.41, 5.74) is 0.797. The van der Waals surface area contributed by atoms with Gasteiger partial charge in [0.2, 0.25) is 0 Å². The van der Waals surface area contributed by atoms with Gasteiger partial charge in [-0.3, -0.25) is 4.98 Å². The highest BCUT2D eigenvalue weighted by Crippen LogP contribution is 2.26. The van der Waals surface area contributed by atoms with Gasteiger partial charge in [-0.25, -0.2) is 4.39 Å². The van der Waals surface area contributed by atoms with E-state index in [1.807, 2.05) is 30.3 Å². The Morgan fingerprint density at radius 3 is 3.06 bits per heavy atom. The average molecular weight is 246 g/mol. The van der Waals surface area contributed by atoms with Gasteiger partial charge in [-0.05, 0) is 25.1 Å². The van der Waals surface area contributed by atoms with Crippen LogP contribution >= 0.6 is 0 Å². The second-order valence-electron chi connectivity index (χ2n) is 4.50. The zero-order valence-electron chi connectivity index (χ0n) is 9.97. The summed E-state index contributed by atoms with van der Waals surface area (Å²) < 4.78 is 19.5. The molecule has 0 aliphatic carbocycles. The minimum absolute atomic E-state index is 0.364. The van der Waals surface area contributed by atoms with Crippen LogP contribution in [-0.4, -0.2) is 30.3 Å². The Labute approximate surface area is 105 Å². The third kappa shape index (κ3) is 2.16. The molecule has 2 heterocycles. The molecule has 1 fully saturated rings. The number of hydrogen-bond donors (Lipinski definition) is 1. The van der Waals surface area contributed by atoms with E-state index < -0.39 is 6.17 Å². The third-order valence-corrected chi connectivity index (χ3v) is 3.22. The van der Waals surface area contributed by atoms with Gasteiger partial charge in [-0.1, -0.05) is 18.2 Å². The smallest absolute Gasteiger partial charge is 0.149 e. The van der Waals surface area contributed by atoms with Gasteiger partial charge in [-0.2, -0.15) is 0 Å². The molecule has 18 heavy (non-hydrogen) atoms. The fourth-order valence-corrected chi connectivity index (χ4v) is 2.26. The summed E-state index contributed by atoms with van der Waals surface area (Å²) in [6.07, 6.45) is 1.08. The van der Waals surface area contributed by atoms with E-state index in [1.54, 1.807) is 6.20 Å². The highest BCUT2D eigenvalue weighted by atomic mass is 19.1. The van der Waals surface area contributed by atoms with Crippen molar-refractivity contribution in [3.63, 3.8) is 0 Å². The van der Waals surface area contributed by atoms with Gasteiger partial charge >= 0.3 is 0 Å². The Morgan fingerprint density at radius 2 is 2.17 bits per heavy atom. The first-order valence-electron chi connectivity index (χ1n) is 6.20. The molecule has 1 N–H and O–H groups in total. The SMILES string of the molecule is F[C@H]1CNCC[C@@H]1Oc1cccc2cccnc12. The number of benzene rings is 1. The topological polar surface area (TPSA) is 34.1 Å². The molecule has 0 spiro atoms. The molecule has 3 rings (SSSR count). The fourth-order valence-electron chi connectivity index (χ4n) is 2.26. The summed E-state index contributed by atoms with van der Waals surface area (Å²) in [4.78, 5) is 4.31. The van der Waals surface area contributed by atoms with Gasteiger partial charge in [-0.15, -0.1) is 0 Å². The van der Waals surface area contributed by atoms with E-state index in [2.05, 4.69) is 10.3 Å². The maximum absolute atomic E-state index is 13.7. The first kappa shape index (κ1) is 11.4. The number of rotatable bonds is 2. The zero-order valence-corrected chi connectivity index (χ0v) is 9.97. The Bertz CT molecular complexity index is 541. The van der Waals surface area contributed by atoms with E-state index in [1.165, 1.54) is 0 Å². The lowest BCUT2D eigenvalue weighted by Crippen LogP contribution is -2.44. The number of aromatic nitrogens is 1. The molecular formula is C14H15FN2O. The highest BCUT2D eigenvalue weighted by molar-refractivity contribution is 5.84. The van der Waals surface area contributed by atoms with Crippen LogP contribution in [0.5, 0.6) is 5.75 Å². The maximum Gasteiger partial charge on any atom is 0.149 e. The molecule has 0 bridgehead atoms. The number of para-hydroxylation sites is 1. The molecule has 4 heteroatoms. The second-order valence-corrected chi connectivity index (χ2v) is 4.50. The first-order chi connectivity index (χ1) is 8.84. The predicted molar refractivity (Wildman–Crippen MR) is 68.5 cm³/mol. The predicted octanol–water partition coefficient (Wildman–Crippen LogP) is 2.31. The molecule has 1 aromatic heterocycles. The van der Waals surface area contributed by atoms with Crippen LogP contribution in [0.2, 0.25) is 0 Å². The van der Waals surface area contributed by atoms with Gasteiger partial charge < -0.3 is 10.1 Å². The summed E-state index contributed by atoms with van der Waals surface area (Å²) in [7, 11) is 0. The molecule has 94 valence electrons. The minimum Gasteiger partial charge on any atom is -0.485 e. The number of pyridine rings is 1. The van der Waals surface area contributed by atoms with E-state index in [0.717, 1.165) is 17.4 Å². The first-order valence-corrected chi connectivity index (χ1v) is 6.20. The number of fused-ring (bicyclic) bond motifs is 1. The normalized spacial score (nSPS) is 24.1. The summed E-state index contributed by atoms with van der Waals surface area (Å²) in [6, 6.07) is 9.60. The van der Waals surface area contributed by atoms with Crippen molar-refractivity contribution >= 4 is 10.9 Å². The van der Waals surface area contributed by atoms with Crippen LogP contribution in [0.25, 0.3) is 10.9 Å². The lowest BCUT2D eigenvalue weighted by molar-refractivity contribution is 0.0742. The summed E-state index contributed by atoms with van der Waals surface area (Å²) in [6.45, 7) is 1.16. The number of nitrogens with zero attached hydrogens (tertiary/aromatic N) is 1. The van der Waals surface area contributed by atoms with Crippen LogP contribution in [0.1, 0.15) is 6.42 Å². The van der Waals surface area contributed by atoms with E-state index in [-0.39, 0.29) is 6.10 Å². The van der Waals surface area contributed by atoms with Gasteiger partial charge in [0.15, 0.2) is 0 Å². The Balaban J connectivity index is 1.90. The number of hydrogen-bond acceptors (Lipinski definition) is 3. The monoisotopic (exact) mass is 246 g/mol. The molecule has 0 saturated carbocycles. The second kappa shape index (κ2) is 4.90. The molecule has 1 saturated heterocycles. The molecule has 2 aromatic rings. The van der Waals surface area contributed by atoms with E-state index >= 15 is 0 Å². The number of piperidine rings is 1. The van der Waals surface area contributed by atoms with Gasteiger partial charge in [0.05, 0.1) is 0 Å². The zero-order chi connectivity index (χ0) is 12.4. The van der Waals surface area contributed by atoms with Crippen molar-refractivity contribution in [2.75, 3.05) is 13.1 Å². The molecule has 1 aliphatic rings. The van der Waals surface area contributed by atoms with Crippen molar-refractivity contribution in [2.45, 2.75) is 18.7 Å². The van der Waals surface area contributed by atoms with Gasteiger partial charge in [0.25, 0.3) is 0 Å². The number of alkyl halides is 1. The van der Waals surface area contributed by atoms with Crippen molar-refractivity contribution in [1.82, 2.24) is 10.3 Å². The van der Waals surface area contributed by atoms with Crippen molar-refractivity contribution in [3.8, 4) is 5.75 Å². The largest absolute Gasteiger partial charge is 0.485 e. The fraction of sp³-hybridized carbons (Fsp3) is 0.357. The van der Waals surface area contributed by atoms with Crippen LogP contribution in [-0.2, 0) is 0 Å². The molecule has 0 radical (unpaired) electrons. The van der Waals surface area contributed by atoms with E-state index in [0.29, 0.717) is 18.7 Å². The van der Waals surface area contributed by atoms with Crippen molar-refractivity contribution in [3.05, 3.63) is 36.5 Å². The third-order valence-electron chi connectivity index (χ3n) is 3.22. The number of nitrogens with one attached hydrogen (secondary N) is 1. The van der Waals surface area contributed by atoms with Crippen molar-refractivity contribution in [2.24, 2.45) is 0 Å². The average Bonchev–Trinajstić information content (AvgIpc) is 2.42. The lowest BCUT2D eigenvalue weighted by Gasteiger charge is -2.27. The van der Waals surface area contributed by atoms with Crippen LogP contribution in [0.4, 0.5) is 4.39 Å².